The van der Waals surface area contributed by atoms with Gasteiger partial charge in [-0.2, -0.15) is 4.31 Å². The number of ether oxygens (including phenoxy) is 1. The van der Waals surface area contributed by atoms with Gasteiger partial charge in [0, 0.05) is 19.1 Å². The molecule has 0 radical (unpaired) electrons. The molecule has 1 heterocycles. The molecule has 1 saturated carbocycles. The zero-order valence-corrected chi connectivity index (χ0v) is 16.2. The third-order valence-electron chi connectivity index (χ3n) is 5.10. The number of halogens is 1. The van der Waals surface area contributed by atoms with Gasteiger partial charge in [-0.1, -0.05) is 12.1 Å². The molecule has 3 rings (SSSR count). The molecule has 2 aliphatic rings. The average molecular weight is 389 g/mol. The first-order valence-electron chi connectivity index (χ1n) is 8.31. The predicted molar refractivity (Wildman–Crippen MR) is 97.5 cm³/mol. The quantitative estimate of drug-likeness (QED) is 0.750. The Morgan fingerprint density at radius 1 is 1.32 bits per heavy atom. The zero-order chi connectivity index (χ0) is 17.4. The van der Waals surface area contributed by atoms with Crippen LogP contribution in [0.4, 0.5) is 0 Å². The van der Waals surface area contributed by atoms with Crippen molar-refractivity contribution < 1.29 is 17.9 Å². The predicted octanol–water partition coefficient (Wildman–Crippen LogP) is 1.69. The number of carbonyl (C=O) groups excluding carboxylic acids is 1. The van der Waals surface area contributed by atoms with Crippen molar-refractivity contribution in [3.05, 3.63) is 29.8 Å². The highest BCUT2D eigenvalue weighted by atomic mass is 35.5. The summed E-state index contributed by atoms with van der Waals surface area (Å²) in [6.07, 6.45) is 3.27. The van der Waals surface area contributed by atoms with E-state index in [2.05, 4.69) is 5.32 Å². The zero-order valence-electron chi connectivity index (χ0n) is 14.5. The van der Waals surface area contributed by atoms with E-state index in [1.54, 1.807) is 28.6 Å². The second-order valence-corrected chi connectivity index (χ2v) is 8.46. The van der Waals surface area contributed by atoms with Gasteiger partial charge in [-0.3, -0.25) is 4.79 Å². The number of hydrogen-bond donors (Lipinski definition) is 1. The van der Waals surface area contributed by atoms with Crippen molar-refractivity contribution in [2.24, 2.45) is 0 Å². The number of rotatable bonds is 6. The molecule has 1 N–H and O–H groups in total. The van der Waals surface area contributed by atoms with E-state index in [4.69, 9.17) is 4.74 Å². The summed E-state index contributed by atoms with van der Waals surface area (Å²) in [5, 5.41) is 3.06. The van der Waals surface area contributed by atoms with Gasteiger partial charge in [0.15, 0.2) is 0 Å². The molecule has 25 heavy (non-hydrogen) atoms. The van der Waals surface area contributed by atoms with Gasteiger partial charge in [-0.05, 0) is 50.4 Å². The SMILES string of the molecule is CNCC1CCCN1S(=O)(=O)c1ccc(C2(C(=O)OC)CC2)cc1.Cl. The molecule has 1 aliphatic carbocycles. The van der Waals surface area contributed by atoms with Crippen molar-refractivity contribution in [3.8, 4) is 0 Å². The fourth-order valence-electron chi connectivity index (χ4n) is 3.58. The summed E-state index contributed by atoms with van der Waals surface area (Å²) in [4.78, 5) is 12.2. The van der Waals surface area contributed by atoms with Crippen LogP contribution in [0.25, 0.3) is 0 Å². The van der Waals surface area contributed by atoms with Crippen LogP contribution in [-0.4, -0.2) is 52.0 Å². The van der Waals surface area contributed by atoms with Gasteiger partial charge in [-0.25, -0.2) is 8.42 Å². The van der Waals surface area contributed by atoms with Gasteiger partial charge in [0.1, 0.15) is 0 Å². The van der Waals surface area contributed by atoms with Gasteiger partial charge in [0.25, 0.3) is 0 Å². The van der Waals surface area contributed by atoms with E-state index in [1.165, 1.54) is 7.11 Å². The standard InChI is InChI=1S/C17H24N2O4S.ClH/c1-18-12-14-4-3-11-19(14)24(21,22)15-7-5-13(6-8-15)17(9-10-17)16(20)23-2;/h5-8,14,18H,3-4,9-12H2,1-2H3;1H. The molecule has 1 aliphatic heterocycles. The molecule has 0 spiro atoms. The first-order chi connectivity index (χ1) is 11.5. The Kier molecular flexibility index (Phi) is 6.14. The number of likely N-dealkylation sites (N-methyl/N-ethyl adjacent to an activating group) is 1. The molecule has 0 amide bonds. The molecular weight excluding hydrogens is 364 g/mol. The Balaban J connectivity index is 0.00000225. The number of nitrogens with zero attached hydrogens (tertiary/aromatic N) is 1. The van der Waals surface area contributed by atoms with Crippen molar-refractivity contribution in [3.63, 3.8) is 0 Å². The molecule has 1 saturated heterocycles. The monoisotopic (exact) mass is 388 g/mol. The first kappa shape index (κ1) is 20.2. The van der Waals surface area contributed by atoms with Gasteiger partial charge >= 0.3 is 5.97 Å². The average Bonchev–Trinajstić information content (AvgIpc) is 3.27. The maximum Gasteiger partial charge on any atom is 0.316 e. The molecule has 2 fully saturated rings. The second kappa shape index (κ2) is 7.61. The maximum absolute atomic E-state index is 12.9. The van der Waals surface area contributed by atoms with Crippen LogP contribution in [-0.2, 0) is 25.0 Å². The summed E-state index contributed by atoms with van der Waals surface area (Å²) in [5.41, 5.74) is 0.265. The van der Waals surface area contributed by atoms with Crippen LogP contribution in [0.3, 0.4) is 0 Å². The van der Waals surface area contributed by atoms with E-state index in [9.17, 15) is 13.2 Å². The Morgan fingerprint density at radius 3 is 2.48 bits per heavy atom. The smallest absolute Gasteiger partial charge is 0.316 e. The van der Waals surface area contributed by atoms with Crippen LogP contribution in [0.5, 0.6) is 0 Å². The largest absolute Gasteiger partial charge is 0.468 e. The van der Waals surface area contributed by atoms with E-state index in [1.807, 2.05) is 7.05 Å². The summed E-state index contributed by atoms with van der Waals surface area (Å²) in [7, 11) is -0.282. The molecule has 0 bridgehead atoms. The number of carbonyl (C=O) groups is 1. The van der Waals surface area contributed by atoms with Crippen LogP contribution in [0.2, 0.25) is 0 Å². The van der Waals surface area contributed by atoms with Gasteiger partial charge in [-0.15, -0.1) is 12.4 Å². The minimum atomic E-state index is -3.50. The fourth-order valence-corrected chi connectivity index (χ4v) is 5.27. The minimum Gasteiger partial charge on any atom is -0.468 e. The van der Waals surface area contributed by atoms with E-state index in [0.29, 0.717) is 13.1 Å². The Bertz CT molecular complexity index is 717. The number of benzene rings is 1. The van der Waals surface area contributed by atoms with Crippen molar-refractivity contribution in [2.75, 3.05) is 27.2 Å². The summed E-state index contributed by atoms with van der Waals surface area (Å²) >= 11 is 0. The van der Waals surface area contributed by atoms with Crippen LogP contribution in [0.1, 0.15) is 31.2 Å². The van der Waals surface area contributed by atoms with E-state index in [0.717, 1.165) is 31.2 Å². The number of nitrogens with one attached hydrogen (secondary N) is 1. The van der Waals surface area contributed by atoms with Gasteiger partial charge in [0.05, 0.1) is 17.4 Å². The van der Waals surface area contributed by atoms with E-state index >= 15 is 0 Å². The summed E-state index contributed by atoms with van der Waals surface area (Å²) < 4.78 is 32.3. The number of methoxy groups -OCH3 is 1. The molecule has 1 unspecified atom stereocenters. The summed E-state index contributed by atoms with van der Waals surface area (Å²) in [5.74, 6) is -0.244. The minimum absolute atomic E-state index is 0. The third kappa shape index (κ3) is 3.56. The summed E-state index contributed by atoms with van der Waals surface area (Å²) in [6.45, 7) is 1.21. The molecule has 6 nitrogen and oxygen atoms in total. The maximum atomic E-state index is 12.9. The van der Waals surface area contributed by atoms with Crippen LogP contribution < -0.4 is 5.32 Å². The molecule has 1 aromatic rings. The molecule has 8 heteroatoms. The van der Waals surface area contributed by atoms with Crippen LogP contribution in [0, 0.1) is 0 Å². The van der Waals surface area contributed by atoms with Crippen molar-refractivity contribution in [1.82, 2.24) is 9.62 Å². The first-order valence-corrected chi connectivity index (χ1v) is 9.75. The molecule has 1 atom stereocenters. The number of esters is 1. The van der Waals surface area contributed by atoms with E-state index < -0.39 is 15.4 Å². The van der Waals surface area contributed by atoms with Crippen LogP contribution >= 0.6 is 12.4 Å². The van der Waals surface area contributed by atoms with Crippen molar-refractivity contribution >= 4 is 28.4 Å². The lowest BCUT2D eigenvalue weighted by molar-refractivity contribution is -0.143. The van der Waals surface area contributed by atoms with Crippen LogP contribution in [0.15, 0.2) is 29.2 Å². The topological polar surface area (TPSA) is 75.7 Å². The second-order valence-electron chi connectivity index (χ2n) is 6.57. The van der Waals surface area contributed by atoms with Gasteiger partial charge in [0.2, 0.25) is 10.0 Å². The summed E-state index contributed by atoms with van der Waals surface area (Å²) in [6, 6.07) is 6.73. The highest BCUT2D eigenvalue weighted by Gasteiger charge is 2.52. The Hall–Kier alpha value is -1.15. The number of hydrogen-bond acceptors (Lipinski definition) is 5. The lowest BCUT2D eigenvalue weighted by atomic mass is 9.96. The molecule has 140 valence electrons. The van der Waals surface area contributed by atoms with Gasteiger partial charge < -0.3 is 10.1 Å². The lowest BCUT2D eigenvalue weighted by Gasteiger charge is -2.24. The highest BCUT2D eigenvalue weighted by molar-refractivity contribution is 7.89. The normalized spacial score (nSPS) is 22.2. The van der Waals surface area contributed by atoms with Crippen molar-refractivity contribution in [2.45, 2.75) is 42.0 Å². The number of sulfonamides is 1. The highest BCUT2D eigenvalue weighted by Crippen LogP contribution is 2.49. The molecular formula is C17H25ClN2O4S. The molecule has 1 aromatic carbocycles. The van der Waals surface area contributed by atoms with E-state index in [-0.39, 0.29) is 29.3 Å². The Morgan fingerprint density at radius 2 is 1.96 bits per heavy atom. The molecule has 0 aromatic heterocycles. The lowest BCUT2D eigenvalue weighted by Crippen LogP contribution is -2.40. The third-order valence-corrected chi connectivity index (χ3v) is 7.07. The Labute approximate surface area is 155 Å². The fraction of sp³-hybridized carbons (Fsp3) is 0.588. The van der Waals surface area contributed by atoms with Crippen molar-refractivity contribution in [1.29, 1.82) is 0 Å².